The summed E-state index contributed by atoms with van der Waals surface area (Å²) in [6.45, 7) is 0. The summed E-state index contributed by atoms with van der Waals surface area (Å²) >= 11 is 5.75. The molecule has 0 spiro atoms. The number of alkyl halides is 3. The number of pyridine rings is 1. The topological polar surface area (TPSA) is 22.1 Å². The molecule has 1 aromatic heterocycles. The maximum absolute atomic E-state index is 12.7. The Kier molecular flexibility index (Phi) is 3.66. The number of halogens is 4. The lowest BCUT2D eigenvalue weighted by molar-refractivity contribution is -0.137. The van der Waals surface area contributed by atoms with Crippen LogP contribution in [0.2, 0.25) is 5.15 Å². The van der Waals surface area contributed by atoms with Gasteiger partial charge in [-0.05, 0) is 35.9 Å². The molecule has 1 heterocycles. The van der Waals surface area contributed by atoms with Crippen LogP contribution in [0.15, 0.2) is 36.5 Å². The molecule has 0 amide bonds. The Labute approximate surface area is 112 Å². The van der Waals surface area contributed by atoms with Crippen LogP contribution in [-0.4, -0.2) is 12.1 Å². The molecule has 0 saturated heterocycles. The summed E-state index contributed by atoms with van der Waals surface area (Å²) in [7, 11) is 1.40. The first-order chi connectivity index (χ1) is 8.91. The molecule has 19 heavy (non-hydrogen) atoms. The second-order valence-electron chi connectivity index (χ2n) is 3.78. The first-order valence-corrected chi connectivity index (χ1v) is 5.67. The average molecular weight is 288 g/mol. The maximum atomic E-state index is 12.7. The number of ether oxygens (including phenoxy) is 1. The monoisotopic (exact) mass is 287 g/mol. The Bertz CT molecular complexity index is 599. The third kappa shape index (κ3) is 2.98. The van der Waals surface area contributed by atoms with Crippen molar-refractivity contribution in [2.75, 3.05) is 7.11 Å². The van der Waals surface area contributed by atoms with Gasteiger partial charge >= 0.3 is 6.18 Å². The normalized spacial score (nSPS) is 11.4. The Balaban J connectivity index is 2.60. The lowest BCUT2D eigenvalue weighted by Crippen LogP contribution is -2.05. The number of aromatic nitrogens is 1. The third-order valence-electron chi connectivity index (χ3n) is 2.56. The van der Waals surface area contributed by atoms with Crippen molar-refractivity contribution < 1.29 is 17.9 Å². The Morgan fingerprint density at radius 2 is 1.89 bits per heavy atom. The zero-order valence-electron chi connectivity index (χ0n) is 9.83. The van der Waals surface area contributed by atoms with E-state index in [0.29, 0.717) is 16.9 Å². The van der Waals surface area contributed by atoms with E-state index in [9.17, 15) is 13.2 Å². The van der Waals surface area contributed by atoms with Gasteiger partial charge in [0.15, 0.2) is 0 Å². The molecule has 2 aromatic rings. The third-order valence-corrected chi connectivity index (χ3v) is 2.77. The predicted molar refractivity (Wildman–Crippen MR) is 66.2 cm³/mol. The molecular formula is C13H9ClF3NO. The average Bonchev–Trinajstić information content (AvgIpc) is 2.37. The lowest BCUT2D eigenvalue weighted by atomic mass is 10.0. The molecule has 0 aliphatic heterocycles. The molecule has 0 fully saturated rings. The van der Waals surface area contributed by atoms with E-state index in [1.165, 1.54) is 25.4 Å². The molecular weight excluding hydrogens is 279 g/mol. The number of hydrogen-bond donors (Lipinski definition) is 0. The molecule has 0 bridgehead atoms. The molecule has 0 aliphatic carbocycles. The highest BCUT2D eigenvalue weighted by molar-refractivity contribution is 6.29. The SMILES string of the molecule is COc1ccc(C(F)(F)F)cc1-c1ccnc(Cl)c1. The van der Waals surface area contributed by atoms with Crippen molar-refractivity contribution in [1.29, 1.82) is 0 Å². The highest BCUT2D eigenvalue weighted by Gasteiger charge is 2.31. The van der Waals surface area contributed by atoms with Gasteiger partial charge in [-0.25, -0.2) is 4.98 Å². The quantitative estimate of drug-likeness (QED) is 0.762. The molecule has 6 heteroatoms. The van der Waals surface area contributed by atoms with Gasteiger partial charge < -0.3 is 4.74 Å². The lowest BCUT2D eigenvalue weighted by Gasteiger charge is -2.13. The number of nitrogens with zero attached hydrogens (tertiary/aromatic N) is 1. The van der Waals surface area contributed by atoms with Gasteiger partial charge in [0.25, 0.3) is 0 Å². The van der Waals surface area contributed by atoms with Gasteiger partial charge in [-0.2, -0.15) is 13.2 Å². The molecule has 2 nitrogen and oxygen atoms in total. The molecule has 0 N–H and O–H groups in total. The van der Waals surface area contributed by atoms with Crippen LogP contribution >= 0.6 is 11.6 Å². The number of benzene rings is 1. The fourth-order valence-electron chi connectivity index (χ4n) is 1.68. The molecule has 2 rings (SSSR count). The molecule has 100 valence electrons. The molecule has 0 radical (unpaired) electrons. The predicted octanol–water partition coefficient (Wildman–Crippen LogP) is 4.43. The molecule has 0 aliphatic rings. The van der Waals surface area contributed by atoms with E-state index < -0.39 is 11.7 Å². The number of rotatable bonds is 2. The zero-order chi connectivity index (χ0) is 14.0. The molecule has 1 aromatic carbocycles. The summed E-state index contributed by atoms with van der Waals surface area (Å²) in [6, 6.07) is 6.35. The van der Waals surface area contributed by atoms with E-state index >= 15 is 0 Å². The van der Waals surface area contributed by atoms with E-state index in [1.54, 1.807) is 6.07 Å². The summed E-state index contributed by atoms with van der Waals surface area (Å²) < 4.78 is 43.2. The largest absolute Gasteiger partial charge is 0.496 e. The summed E-state index contributed by atoms with van der Waals surface area (Å²) in [5.41, 5.74) is 0.0980. The van der Waals surface area contributed by atoms with E-state index in [2.05, 4.69) is 4.98 Å². The van der Waals surface area contributed by atoms with Gasteiger partial charge in [0.1, 0.15) is 10.9 Å². The van der Waals surface area contributed by atoms with Crippen LogP contribution in [0.25, 0.3) is 11.1 Å². The van der Waals surface area contributed by atoms with Gasteiger partial charge in [-0.15, -0.1) is 0 Å². The Hall–Kier alpha value is -1.75. The number of hydrogen-bond acceptors (Lipinski definition) is 2. The van der Waals surface area contributed by atoms with Crippen molar-refractivity contribution in [1.82, 2.24) is 4.98 Å². The van der Waals surface area contributed by atoms with Gasteiger partial charge in [-0.3, -0.25) is 0 Å². The minimum absolute atomic E-state index is 0.206. The van der Waals surface area contributed by atoms with Crippen LogP contribution in [0.5, 0.6) is 5.75 Å². The second kappa shape index (κ2) is 5.09. The fraction of sp³-hybridized carbons (Fsp3) is 0.154. The van der Waals surface area contributed by atoms with Crippen LogP contribution in [0.4, 0.5) is 13.2 Å². The summed E-state index contributed by atoms with van der Waals surface area (Å²) in [5.74, 6) is 0.343. The Morgan fingerprint density at radius 3 is 2.47 bits per heavy atom. The van der Waals surface area contributed by atoms with Crippen molar-refractivity contribution in [3.63, 3.8) is 0 Å². The van der Waals surface area contributed by atoms with Gasteiger partial charge in [0.2, 0.25) is 0 Å². The second-order valence-corrected chi connectivity index (χ2v) is 4.17. The van der Waals surface area contributed by atoms with E-state index in [0.717, 1.165) is 12.1 Å². The first kappa shape index (κ1) is 13.7. The zero-order valence-corrected chi connectivity index (χ0v) is 10.6. The van der Waals surface area contributed by atoms with Crippen LogP contribution < -0.4 is 4.74 Å². The highest BCUT2D eigenvalue weighted by Crippen LogP contribution is 2.37. The van der Waals surface area contributed by atoms with Crippen LogP contribution in [-0.2, 0) is 6.18 Å². The minimum Gasteiger partial charge on any atom is -0.496 e. The van der Waals surface area contributed by atoms with Crippen molar-refractivity contribution in [2.45, 2.75) is 6.18 Å². The fourth-order valence-corrected chi connectivity index (χ4v) is 1.85. The first-order valence-electron chi connectivity index (χ1n) is 5.29. The summed E-state index contributed by atoms with van der Waals surface area (Å²) in [5, 5.41) is 0.206. The van der Waals surface area contributed by atoms with Crippen molar-refractivity contribution in [2.24, 2.45) is 0 Å². The Morgan fingerprint density at radius 1 is 1.16 bits per heavy atom. The van der Waals surface area contributed by atoms with Crippen LogP contribution in [0, 0.1) is 0 Å². The molecule has 0 unspecified atom stereocenters. The standard InChI is InChI=1S/C13H9ClF3NO/c1-19-11-3-2-9(13(15,16)17)7-10(11)8-4-5-18-12(14)6-8/h2-7H,1H3. The minimum atomic E-state index is -4.40. The molecule has 0 saturated carbocycles. The van der Waals surface area contributed by atoms with Crippen LogP contribution in [0.3, 0.4) is 0 Å². The van der Waals surface area contributed by atoms with Gasteiger partial charge in [0, 0.05) is 11.8 Å². The number of methoxy groups -OCH3 is 1. The van der Waals surface area contributed by atoms with E-state index in [-0.39, 0.29) is 5.15 Å². The molecule has 0 atom stereocenters. The summed E-state index contributed by atoms with van der Waals surface area (Å²) in [4.78, 5) is 3.79. The summed E-state index contributed by atoms with van der Waals surface area (Å²) in [6.07, 6.45) is -2.98. The van der Waals surface area contributed by atoms with Crippen molar-refractivity contribution >= 4 is 11.6 Å². The maximum Gasteiger partial charge on any atom is 0.416 e. The van der Waals surface area contributed by atoms with Gasteiger partial charge in [0.05, 0.1) is 12.7 Å². The van der Waals surface area contributed by atoms with E-state index in [1.807, 2.05) is 0 Å². The van der Waals surface area contributed by atoms with Crippen LogP contribution in [0.1, 0.15) is 5.56 Å². The van der Waals surface area contributed by atoms with Crippen molar-refractivity contribution in [3.8, 4) is 16.9 Å². The van der Waals surface area contributed by atoms with Crippen molar-refractivity contribution in [3.05, 3.63) is 47.2 Å². The van der Waals surface area contributed by atoms with Gasteiger partial charge in [-0.1, -0.05) is 11.6 Å². The smallest absolute Gasteiger partial charge is 0.416 e. The van der Waals surface area contributed by atoms with E-state index in [4.69, 9.17) is 16.3 Å². The highest BCUT2D eigenvalue weighted by atomic mass is 35.5.